The zero-order valence-electron chi connectivity index (χ0n) is 12.3. The highest BCUT2D eigenvalue weighted by molar-refractivity contribution is 5.85. The van der Waals surface area contributed by atoms with Gasteiger partial charge in [-0.3, -0.25) is 0 Å². The molecule has 1 N–H and O–H groups in total. The third-order valence-electron chi connectivity index (χ3n) is 2.77. The van der Waals surface area contributed by atoms with Crippen molar-refractivity contribution in [2.24, 2.45) is 0 Å². The second-order valence-electron chi connectivity index (χ2n) is 4.55. The Morgan fingerprint density at radius 3 is 2.17 bits per heavy atom. The number of nitrogens with zero attached hydrogens (tertiary/aromatic N) is 1. The fourth-order valence-electron chi connectivity index (χ4n) is 1.57. The molecule has 0 saturated heterocycles. The molecule has 0 aliphatic carbocycles. The van der Waals surface area contributed by atoms with Crippen molar-refractivity contribution in [3.8, 4) is 17.4 Å². The van der Waals surface area contributed by atoms with Gasteiger partial charge < -0.3 is 14.6 Å². The molecule has 2 aromatic rings. The van der Waals surface area contributed by atoms with Crippen molar-refractivity contribution in [2.75, 3.05) is 0 Å². The van der Waals surface area contributed by atoms with Gasteiger partial charge in [-0.25, -0.2) is 9.78 Å². The maximum absolute atomic E-state index is 12.4. The first-order valence-electron chi connectivity index (χ1n) is 6.46. The molecule has 9 heteroatoms. The van der Waals surface area contributed by atoms with E-state index in [9.17, 15) is 18.0 Å². The number of carboxylic acids is 1. The molecule has 1 unspecified atom stereocenters. The van der Waals surface area contributed by atoms with Gasteiger partial charge in [0.05, 0.1) is 5.56 Å². The summed E-state index contributed by atoms with van der Waals surface area (Å²) < 4.78 is 47.7. The highest BCUT2D eigenvalue weighted by Crippen LogP contribution is 2.30. The number of ether oxygens (including phenoxy) is 2. The smallest absolute Gasteiger partial charge is 0.417 e. The molecule has 24 heavy (non-hydrogen) atoms. The average Bonchev–Trinajstić information content (AvgIpc) is 2.49. The molecule has 0 bridgehead atoms. The second-order valence-corrected chi connectivity index (χ2v) is 4.55. The van der Waals surface area contributed by atoms with Gasteiger partial charge in [-0.1, -0.05) is 0 Å². The van der Waals surface area contributed by atoms with Gasteiger partial charge in [0.2, 0.25) is 5.88 Å². The van der Waals surface area contributed by atoms with Crippen molar-refractivity contribution in [3.05, 3.63) is 48.2 Å². The fourth-order valence-corrected chi connectivity index (χ4v) is 1.57. The molecular weight excluding hydrogens is 351 g/mol. The molecule has 0 amide bonds. The van der Waals surface area contributed by atoms with Crippen LogP contribution >= 0.6 is 12.4 Å². The molecule has 1 heterocycles. The first kappa shape index (κ1) is 19.6. The molecular formula is C15H13ClF3NO4. The van der Waals surface area contributed by atoms with E-state index in [1.807, 2.05) is 0 Å². The largest absolute Gasteiger partial charge is 0.479 e. The third-order valence-corrected chi connectivity index (χ3v) is 2.77. The summed E-state index contributed by atoms with van der Waals surface area (Å²) in [6.45, 7) is 1.39. The van der Waals surface area contributed by atoms with E-state index in [0.29, 0.717) is 17.7 Å². The number of hydrogen-bond donors (Lipinski definition) is 1. The van der Waals surface area contributed by atoms with Crippen molar-refractivity contribution in [1.29, 1.82) is 0 Å². The summed E-state index contributed by atoms with van der Waals surface area (Å²) in [5.74, 6) is -0.440. The van der Waals surface area contributed by atoms with E-state index in [-0.39, 0.29) is 18.3 Å². The Labute approximate surface area is 141 Å². The second kappa shape index (κ2) is 7.87. The lowest BCUT2D eigenvalue weighted by Gasteiger charge is -2.11. The van der Waals surface area contributed by atoms with Crippen molar-refractivity contribution in [3.63, 3.8) is 0 Å². The van der Waals surface area contributed by atoms with Crippen molar-refractivity contribution in [1.82, 2.24) is 4.98 Å². The normalized spacial score (nSPS) is 12.0. The number of aliphatic carboxylic acids is 1. The lowest BCUT2D eigenvalue weighted by molar-refractivity contribution is -0.144. The van der Waals surface area contributed by atoms with Crippen LogP contribution in [0.15, 0.2) is 42.6 Å². The Bertz CT molecular complexity index is 675. The Morgan fingerprint density at radius 1 is 1.12 bits per heavy atom. The highest BCUT2D eigenvalue weighted by atomic mass is 35.5. The van der Waals surface area contributed by atoms with E-state index < -0.39 is 23.8 Å². The van der Waals surface area contributed by atoms with Gasteiger partial charge in [-0.15, -0.1) is 12.4 Å². The fraction of sp³-hybridized carbons (Fsp3) is 0.200. The van der Waals surface area contributed by atoms with Gasteiger partial charge in [0.25, 0.3) is 0 Å². The summed E-state index contributed by atoms with van der Waals surface area (Å²) in [5.41, 5.74) is -0.865. The topological polar surface area (TPSA) is 68.7 Å². The van der Waals surface area contributed by atoms with E-state index in [1.165, 1.54) is 31.2 Å². The molecule has 130 valence electrons. The number of pyridine rings is 1. The number of hydrogen-bond acceptors (Lipinski definition) is 4. The predicted molar refractivity (Wildman–Crippen MR) is 80.7 cm³/mol. The average molecular weight is 364 g/mol. The van der Waals surface area contributed by atoms with Crippen LogP contribution in [-0.4, -0.2) is 22.2 Å². The molecule has 0 aliphatic rings. The zero-order valence-corrected chi connectivity index (χ0v) is 13.1. The van der Waals surface area contributed by atoms with Gasteiger partial charge in [0, 0.05) is 12.3 Å². The number of rotatable bonds is 5. The number of carbonyl (C=O) groups is 1. The van der Waals surface area contributed by atoms with Gasteiger partial charge in [-0.2, -0.15) is 13.2 Å². The lowest BCUT2D eigenvalue weighted by atomic mass is 10.3. The van der Waals surface area contributed by atoms with Crippen LogP contribution in [0.1, 0.15) is 12.5 Å². The quantitative estimate of drug-likeness (QED) is 0.863. The number of alkyl halides is 3. The Kier molecular flexibility index (Phi) is 6.42. The molecule has 1 aromatic carbocycles. The first-order valence-corrected chi connectivity index (χ1v) is 6.46. The standard InChI is InChI=1S/C15H12F3NO4.ClH/c1-9(14(20)21)22-11-3-5-12(6-4-11)23-13-7-2-10(8-19-13)15(16,17)18;/h2-9H,1H3,(H,20,21);1H. The number of aromatic nitrogens is 1. The van der Waals surface area contributed by atoms with Gasteiger partial charge in [-0.05, 0) is 37.3 Å². The third kappa shape index (κ3) is 5.31. The van der Waals surface area contributed by atoms with E-state index in [2.05, 4.69) is 4.98 Å². The minimum Gasteiger partial charge on any atom is -0.479 e. The van der Waals surface area contributed by atoms with Crippen LogP contribution in [0.5, 0.6) is 17.4 Å². The van der Waals surface area contributed by atoms with E-state index in [1.54, 1.807) is 0 Å². The molecule has 0 spiro atoms. The van der Waals surface area contributed by atoms with Crippen LogP contribution in [0.25, 0.3) is 0 Å². The molecule has 0 radical (unpaired) electrons. The summed E-state index contributed by atoms with van der Waals surface area (Å²) in [4.78, 5) is 14.3. The van der Waals surface area contributed by atoms with E-state index in [4.69, 9.17) is 14.6 Å². The molecule has 0 saturated carbocycles. The summed E-state index contributed by atoms with van der Waals surface area (Å²) in [7, 11) is 0. The number of benzene rings is 1. The van der Waals surface area contributed by atoms with Crippen molar-refractivity contribution >= 4 is 18.4 Å². The molecule has 0 fully saturated rings. The van der Waals surface area contributed by atoms with Gasteiger partial charge in [0.1, 0.15) is 11.5 Å². The van der Waals surface area contributed by atoms with E-state index >= 15 is 0 Å². The molecule has 1 atom stereocenters. The maximum Gasteiger partial charge on any atom is 0.417 e. The number of carboxylic acid groups (broad SMARTS) is 1. The van der Waals surface area contributed by atoms with Crippen molar-refractivity contribution < 1.29 is 32.5 Å². The maximum atomic E-state index is 12.4. The SMILES string of the molecule is CC(Oc1ccc(Oc2ccc(C(F)(F)F)cn2)cc1)C(=O)O.Cl. The van der Waals surface area contributed by atoms with Gasteiger partial charge >= 0.3 is 12.1 Å². The molecule has 5 nitrogen and oxygen atoms in total. The number of halogens is 4. The van der Waals surface area contributed by atoms with Crippen LogP contribution in [0, 0.1) is 0 Å². The lowest BCUT2D eigenvalue weighted by Crippen LogP contribution is -2.22. The van der Waals surface area contributed by atoms with Crippen LogP contribution in [0.4, 0.5) is 13.2 Å². The molecule has 2 rings (SSSR count). The zero-order chi connectivity index (χ0) is 17.0. The van der Waals surface area contributed by atoms with E-state index in [0.717, 1.165) is 12.1 Å². The van der Waals surface area contributed by atoms with Gasteiger partial charge in [0.15, 0.2) is 6.10 Å². The Balaban J connectivity index is 0.00000288. The Hall–Kier alpha value is -2.48. The van der Waals surface area contributed by atoms with Crippen LogP contribution in [-0.2, 0) is 11.0 Å². The summed E-state index contributed by atoms with van der Waals surface area (Å²) in [6.07, 6.45) is -4.77. The van der Waals surface area contributed by atoms with Crippen molar-refractivity contribution in [2.45, 2.75) is 19.2 Å². The van der Waals surface area contributed by atoms with Crippen LogP contribution < -0.4 is 9.47 Å². The summed E-state index contributed by atoms with van der Waals surface area (Å²) >= 11 is 0. The molecule has 1 aromatic heterocycles. The molecule has 0 aliphatic heterocycles. The van der Waals surface area contributed by atoms with Crippen LogP contribution in [0.3, 0.4) is 0 Å². The summed E-state index contributed by atoms with van der Waals surface area (Å²) in [6, 6.07) is 7.93. The minimum absolute atomic E-state index is 0. The minimum atomic E-state index is -4.45. The first-order chi connectivity index (χ1) is 10.8. The van der Waals surface area contributed by atoms with Crippen LogP contribution in [0.2, 0.25) is 0 Å². The Morgan fingerprint density at radius 2 is 1.71 bits per heavy atom. The monoisotopic (exact) mass is 363 g/mol. The highest BCUT2D eigenvalue weighted by Gasteiger charge is 2.30. The summed E-state index contributed by atoms with van der Waals surface area (Å²) in [5, 5.41) is 8.73. The predicted octanol–water partition coefficient (Wildman–Crippen LogP) is 4.17.